The summed E-state index contributed by atoms with van der Waals surface area (Å²) in [6.45, 7) is 4.13. The van der Waals surface area contributed by atoms with Crippen molar-refractivity contribution in [3.8, 4) is 0 Å². The van der Waals surface area contributed by atoms with Crippen LogP contribution in [0.1, 0.15) is 90.3 Å². The van der Waals surface area contributed by atoms with Crippen LogP contribution in [0.2, 0.25) is 0 Å². The fourth-order valence-electron chi connectivity index (χ4n) is 3.99. The van der Waals surface area contributed by atoms with Crippen LogP contribution in [0.3, 0.4) is 0 Å². The Morgan fingerprint density at radius 2 is 1.93 bits per heavy atom. The number of tetrazole rings is 1. The monoisotopic (exact) mass is 376 g/mol. The minimum Gasteiger partial charge on any atom is -0.390 e. The number of nitrogens with zero attached hydrogens (tertiary/aromatic N) is 3. The SMILES string of the molecule is CCCCCC(C)(O)CC[C@@H]1C=CC(=O)[C@H]1CCCCCCc1nn[nH]n1. The van der Waals surface area contributed by atoms with Gasteiger partial charge in [-0.15, -0.1) is 10.2 Å². The van der Waals surface area contributed by atoms with Gasteiger partial charge in [0.25, 0.3) is 0 Å². The molecule has 152 valence electrons. The van der Waals surface area contributed by atoms with E-state index in [0.717, 1.165) is 70.0 Å². The highest BCUT2D eigenvalue weighted by Crippen LogP contribution is 2.33. The molecule has 1 unspecified atom stereocenters. The predicted molar refractivity (Wildman–Crippen MR) is 106 cm³/mol. The largest absolute Gasteiger partial charge is 0.390 e. The van der Waals surface area contributed by atoms with Crippen molar-refractivity contribution >= 4 is 5.78 Å². The summed E-state index contributed by atoms with van der Waals surface area (Å²) in [5.41, 5.74) is -0.603. The van der Waals surface area contributed by atoms with E-state index in [0.29, 0.717) is 5.92 Å². The molecule has 0 saturated carbocycles. The molecule has 0 fully saturated rings. The van der Waals surface area contributed by atoms with Gasteiger partial charge in [0, 0.05) is 12.3 Å². The van der Waals surface area contributed by atoms with E-state index in [1.807, 2.05) is 6.92 Å². The fraction of sp³-hybridized carbons (Fsp3) is 0.810. The molecule has 2 rings (SSSR count). The second kappa shape index (κ2) is 11.3. The van der Waals surface area contributed by atoms with Crippen molar-refractivity contribution in [2.75, 3.05) is 0 Å². The first-order valence-corrected chi connectivity index (χ1v) is 10.7. The van der Waals surface area contributed by atoms with Crippen molar-refractivity contribution in [3.05, 3.63) is 18.0 Å². The molecular formula is C21H36N4O2. The van der Waals surface area contributed by atoms with E-state index in [1.165, 1.54) is 12.8 Å². The molecule has 6 heteroatoms. The third-order valence-corrected chi connectivity index (χ3v) is 5.78. The molecule has 0 aromatic carbocycles. The van der Waals surface area contributed by atoms with Gasteiger partial charge in [0.15, 0.2) is 11.6 Å². The summed E-state index contributed by atoms with van der Waals surface area (Å²) in [5, 5.41) is 24.5. The van der Waals surface area contributed by atoms with Gasteiger partial charge in [0.2, 0.25) is 0 Å². The third kappa shape index (κ3) is 7.91. The van der Waals surface area contributed by atoms with Crippen LogP contribution in [0, 0.1) is 11.8 Å². The average Bonchev–Trinajstić information content (AvgIpc) is 3.27. The summed E-state index contributed by atoms with van der Waals surface area (Å²) in [4.78, 5) is 12.2. The fourth-order valence-corrected chi connectivity index (χ4v) is 3.99. The third-order valence-electron chi connectivity index (χ3n) is 5.78. The van der Waals surface area contributed by atoms with Crippen molar-refractivity contribution < 1.29 is 9.90 Å². The van der Waals surface area contributed by atoms with Crippen LogP contribution >= 0.6 is 0 Å². The molecule has 6 nitrogen and oxygen atoms in total. The lowest BCUT2D eigenvalue weighted by molar-refractivity contribution is -0.118. The van der Waals surface area contributed by atoms with Crippen LogP contribution in [0.25, 0.3) is 0 Å². The number of allylic oxidation sites excluding steroid dienone is 2. The maximum atomic E-state index is 12.2. The minimum atomic E-state index is -0.603. The van der Waals surface area contributed by atoms with Gasteiger partial charge in [-0.1, -0.05) is 56.7 Å². The van der Waals surface area contributed by atoms with Gasteiger partial charge < -0.3 is 5.11 Å². The Bertz CT molecular complexity index is 569. The van der Waals surface area contributed by atoms with Crippen LogP contribution in [-0.4, -0.2) is 37.1 Å². The number of aliphatic hydroxyl groups is 1. The van der Waals surface area contributed by atoms with Crippen LogP contribution in [0.15, 0.2) is 12.2 Å². The molecular weight excluding hydrogens is 340 g/mol. The molecule has 27 heavy (non-hydrogen) atoms. The summed E-state index contributed by atoms with van der Waals surface area (Å²) in [7, 11) is 0. The number of carbonyl (C=O) groups is 1. The predicted octanol–water partition coefficient (Wildman–Crippen LogP) is 4.18. The van der Waals surface area contributed by atoms with E-state index in [-0.39, 0.29) is 11.7 Å². The summed E-state index contributed by atoms with van der Waals surface area (Å²) < 4.78 is 0. The standard InChI is InChI=1S/C21H36N4O2/c1-3-4-9-15-21(2,27)16-14-17-12-13-19(26)18(17)10-7-5-6-8-11-20-22-24-25-23-20/h12-13,17-18,27H,3-11,14-16H2,1-2H3,(H,22,23,24,25)/t17-,18-,21?/m0/s1. The van der Waals surface area contributed by atoms with E-state index < -0.39 is 5.60 Å². The topological polar surface area (TPSA) is 91.8 Å². The van der Waals surface area contributed by atoms with Gasteiger partial charge in [0.05, 0.1) is 5.60 Å². The van der Waals surface area contributed by atoms with E-state index in [4.69, 9.17) is 0 Å². The Balaban J connectivity index is 1.63. The molecule has 0 saturated heterocycles. The minimum absolute atomic E-state index is 0.119. The molecule has 1 heterocycles. The Labute approximate surface area is 163 Å². The second-order valence-electron chi connectivity index (χ2n) is 8.31. The quantitative estimate of drug-likeness (QED) is 0.475. The number of rotatable bonds is 14. The molecule has 1 aliphatic rings. The number of aromatic amines is 1. The van der Waals surface area contributed by atoms with Crippen LogP contribution in [-0.2, 0) is 11.2 Å². The summed E-state index contributed by atoms with van der Waals surface area (Å²) in [6.07, 6.45) is 16.0. The zero-order valence-corrected chi connectivity index (χ0v) is 17.0. The second-order valence-corrected chi connectivity index (χ2v) is 8.31. The Kier molecular flexibility index (Phi) is 9.11. The Hall–Kier alpha value is -1.56. The maximum Gasteiger partial charge on any atom is 0.174 e. The van der Waals surface area contributed by atoms with Crippen molar-refractivity contribution in [2.45, 2.75) is 96.5 Å². The lowest BCUT2D eigenvalue weighted by Gasteiger charge is -2.26. The van der Waals surface area contributed by atoms with Gasteiger partial charge in [-0.2, -0.15) is 5.21 Å². The van der Waals surface area contributed by atoms with Crippen LogP contribution in [0.5, 0.6) is 0 Å². The number of H-pyrrole nitrogens is 1. The molecule has 0 bridgehead atoms. The number of aromatic nitrogens is 4. The number of unbranched alkanes of at least 4 members (excludes halogenated alkanes) is 5. The first-order valence-electron chi connectivity index (χ1n) is 10.7. The molecule has 2 N–H and O–H groups in total. The number of hydrogen-bond donors (Lipinski definition) is 2. The van der Waals surface area contributed by atoms with Gasteiger partial charge >= 0.3 is 0 Å². The van der Waals surface area contributed by atoms with Crippen molar-refractivity contribution in [1.82, 2.24) is 20.6 Å². The zero-order valence-electron chi connectivity index (χ0n) is 17.0. The van der Waals surface area contributed by atoms with E-state index in [2.05, 4.69) is 33.6 Å². The molecule has 0 amide bonds. The maximum absolute atomic E-state index is 12.2. The summed E-state index contributed by atoms with van der Waals surface area (Å²) in [5.74, 6) is 1.47. The molecule has 1 aromatic rings. The first-order chi connectivity index (χ1) is 13.0. The van der Waals surface area contributed by atoms with E-state index in [1.54, 1.807) is 6.08 Å². The highest BCUT2D eigenvalue weighted by atomic mass is 16.3. The van der Waals surface area contributed by atoms with Crippen LogP contribution < -0.4 is 0 Å². The smallest absolute Gasteiger partial charge is 0.174 e. The van der Waals surface area contributed by atoms with E-state index >= 15 is 0 Å². The van der Waals surface area contributed by atoms with Crippen LogP contribution in [0.4, 0.5) is 0 Å². The number of carbonyl (C=O) groups excluding carboxylic acids is 1. The molecule has 1 aliphatic carbocycles. The summed E-state index contributed by atoms with van der Waals surface area (Å²) in [6, 6.07) is 0. The molecule has 1 aromatic heterocycles. The molecule has 3 atom stereocenters. The number of nitrogens with one attached hydrogen (secondary N) is 1. The Morgan fingerprint density at radius 1 is 1.11 bits per heavy atom. The van der Waals surface area contributed by atoms with Gasteiger partial charge in [-0.05, 0) is 51.0 Å². The van der Waals surface area contributed by atoms with Crippen molar-refractivity contribution in [3.63, 3.8) is 0 Å². The van der Waals surface area contributed by atoms with Crippen molar-refractivity contribution in [1.29, 1.82) is 0 Å². The van der Waals surface area contributed by atoms with E-state index in [9.17, 15) is 9.90 Å². The molecule has 0 aliphatic heterocycles. The summed E-state index contributed by atoms with van der Waals surface area (Å²) >= 11 is 0. The van der Waals surface area contributed by atoms with Crippen molar-refractivity contribution in [2.24, 2.45) is 11.8 Å². The normalized spacial score (nSPS) is 21.7. The highest BCUT2D eigenvalue weighted by Gasteiger charge is 2.31. The lowest BCUT2D eigenvalue weighted by Crippen LogP contribution is -2.26. The number of aryl methyl sites for hydroxylation is 1. The van der Waals surface area contributed by atoms with Gasteiger partial charge in [0.1, 0.15) is 0 Å². The highest BCUT2D eigenvalue weighted by molar-refractivity contribution is 5.94. The average molecular weight is 377 g/mol. The molecule has 0 radical (unpaired) electrons. The van der Waals surface area contributed by atoms with Gasteiger partial charge in [-0.3, -0.25) is 4.79 Å². The zero-order chi connectivity index (χ0) is 19.5. The Morgan fingerprint density at radius 3 is 2.67 bits per heavy atom. The molecule has 0 spiro atoms. The number of ketones is 1. The number of hydrogen-bond acceptors (Lipinski definition) is 5. The first kappa shape index (κ1) is 21.7. The lowest BCUT2D eigenvalue weighted by atomic mass is 9.82. The van der Waals surface area contributed by atoms with Gasteiger partial charge in [-0.25, -0.2) is 0 Å².